The molecule has 0 amide bonds. The van der Waals surface area contributed by atoms with Gasteiger partial charge >= 0.3 is 0 Å². The first-order chi connectivity index (χ1) is 6.86. The van der Waals surface area contributed by atoms with E-state index in [9.17, 15) is 0 Å². The lowest BCUT2D eigenvalue weighted by molar-refractivity contribution is 1.02. The molecular weight excluding hydrogens is 196 g/mol. The van der Waals surface area contributed by atoms with Gasteiger partial charge < -0.3 is 0 Å². The van der Waals surface area contributed by atoms with Crippen molar-refractivity contribution in [1.29, 1.82) is 0 Å². The number of fused-ring (bicyclic) bond motifs is 3. The molecule has 3 rings (SSSR count). The molecule has 2 aliphatic heterocycles. The van der Waals surface area contributed by atoms with Gasteiger partial charge in [-0.15, -0.1) is 0 Å². The molecule has 0 atom stereocenters. The Bertz CT molecular complexity index is 412. The second-order valence-corrected chi connectivity index (χ2v) is 4.17. The van der Waals surface area contributed by atoms with Crippen LogP contribution in [0, 0.1) is 0 Å². The quantitative estimate of drug-likeness (QED) is 0.596. The second-order valence-electron chi connectivity index (χ2n) is 3.76. The van der Waals surface area contributed by atoms with Crippen molar-refractivity contribution in [2.75, 3.05) is 11.0 Å². The summed E-state index contributed by atoms with van der Waals surface area (Å²) in [6, 6.07) is 4.26. The minimum Gasteiger partial charge on any atom is -0.284 e. The maximum Gasteiger partial charge on any atom is 0.0679 e. The third kappa shape index (κ3) is 1.07. The van der Waals surface area contributed by atoms with Crippen LogP contribution in [0.15, 0.2) is 17.1 Å². The Hall–Kier alpha value is -1.02. The van der Waals surface area contributed by atoms with Gasteiger partial charge in [0.15, 0.2) is 0 Å². The fraction of sp³-hybridized carbons (Fsp3) is 0.364. The van der Waals surface area contributed by atoms with Gasteiger partial charge in [-0.2, -0.15) is 0 Å². The van der Waals surface area contributed by atoms with Crippen molar-refractivity contribution in [3.63, 3.8) is 0 Å². The highest BCUT2D eigenvalue weighted by atomic mass is 35.5. The van der Waals surface area contributed by atoms with E-state index in [2.05, 4.69) is 17.1 Å². The van der Waals surface area contributed by atoms with Crippen LogP contribution in [0.2, 0.25) is 0 Å². The van der Waals surface area contributed by atoms with Gasteiger partial charge in [-0.1, -0.05) is 6.07 Å². The van der Waals surface area contributed by atoms with Gasteiger partial charge in [0.1, 0.15) is 0 Å². The highest BCUT2D eigenvalue weighted by Gasteiger charge is 2.23. The molecule has 2 nitrogen and oxygen atoms in total. The zero-order valence-electron chi connectivity index (χ0n) is 7.83. The van der Waals surface area contributed by atoms with Crippen LogP contribution < -0.4 is 4.42 Å². The average molecular weight is 207 g/mol. The van der Waals surface area contributed by atoms with E-state index in [-0.39, 0.29) is 0 Å². The molecule has 0 unspecified atom stereocenters. The Balaban J connectivity index is 2.24. The number of hydrogen-bond donors (Lipinski definition) is 0. The van der Waals surface area contributed by atoms with Crippen LogP contribution in [-0.2, 0) is 12.8 Å². The van der Waals surface area contributed by atoms with Gasteiger partial charge in [0.05, 0.1) is 11.4 Å². The standard InChI is InChI=1S/C11H11ClN2/c12-14-7-5-8-3-4-10-9(11(8)14)2-1-6-13-10/h3-4,6H,1-2,5,7H2. The summed E-state index contributed by atoms with van der Waals surface area (Å²) in [6.45, 7) is 0.928. The van der Waals surface area contributed by atoms with Gasteiger partial charge in [0, 0.05) is 30.1 Å². The minimum atomic E-state index is 0.928. The van der Waals surface area contributed by atoms with Crippen molar-refractivity contribution in [3.8, 4) is 0 Å². The summed E-state index contributed by atoms with van der Waals surface area (Å²) in [5.41, 5.74) is 5.02. The zero-order chi connectivity index (χ0) is 9.54. The Labute approximate surface area is 88.3 Å². The van der Waals surface area contributed by atoms with Crippen LogP contribution in [0.25, 0.3) is 0 Å². The number of hydrogen-bond acceptors (Lipinski definition) is 2. The van der Waals surface area contributed by atoms with Crippen LogP contribution in [0.1, 0.15) is 17.5 Å². The molecule has 0 saturated carbocycles. The molecule has 1 aromatic carbocycles. The molecule has 0 radical (unpaired) electrons. The molecule has 0 saturated heterocycles. The van der Waals surface area contributed by atoms with E-state index in [0.29, 0.717) is 0 Å². The Morgan fingerprint density at radius 2 is 2.21 bits per heavy atom. The third-order valence-corrected chi connectivity index (χ3v) is 3.25. The van der Waals surface area contributed by atoms with E-state index < -0.39 is 0 Å². The SMILES string of the molecule is ClN1CCc2ccc3c(c21)CCC=N3. The lowest BCUT2D eigenvalue weighted by atomic mass is 10.00. The van der Waals surface area contributed by atoms with Crippen molar-refractivity contribution in [2.45, 2.75) is 19.3 Å². The molecule has 0 aromatic heterocycles. The molecule has 0 fully saturated rings. The largest absolute Gasteiger partial charge is 0.284 e. The smallest absolute Gasteiger partial charge is 0.0679 e. The first-order valence-electron chi connectivity index (χ1n) is 4.97. The second kappa shape index (κ2) is 2.99. The highest BCUT2D eigenvalue weighted by molar-refractivity contribution is 6.26. The fourth-order valence-corrected chi connectivity index (χ4v) is 2.54. The number of nitrogens with zero attached hydrogens (tertiary/aromatic N) is 2. The number of halogens is 1. The summed E-state index contributed by atoms with van der Waals surface area (Å²) in [4.78, 5) is 4.39. The molecule has 0 aliphatic carbocycles. The fourth-order valence-electron chi connectivity index (χ4n) is 2.25. The monoisotopic (exact) mass is 206 g/mol. The van der Waals surface area contributed by atoms with Gasteiger partial charge in [-0.25, -0.2) is 0 Å². The van der Waals surface area contributed by atoms with Crippen LogP contribution in [0.3, 0.4) is 0 Å². The van der Waals surface area contributed by atoms with Crippen molar-refractivity contribution < 1.29 is 0 Å². The molecule has 2 heterocycles. The maximum atomic E-state index is 6.16. The Morgan fingerprint density at radius 1 is 1.29 bits per heavy atom. The van der Waals surface area contributed by atoms with E-state index in [0.717, 1.165) is 31.5 Å². The molecule has 0 bridgehead atoms. The highest BCUT2D eigenvalue weighted by Crippen LogP contribution is 2.40. The molecule has 14 heavy (non-hydrogen) atoms. The van der Waals surface area contributed by atoms with Crippen LogP contribution in [-0.4, -0.2) is 12.8 Å². The van der Waals surface area contributed by atoms with E-state index >= 15 is 0 Å². The Kier molecular flexibility index (Phi) is 1.77. The van der Waals surface area contributed by atoms with Crippen LogP contribution in [0.4, 0.5) is 11.4 Å². The first-order valence-corrected chi connectivity index (χ1v) is 5.30. The molecule has 0 N–H and O–H groups in total. The van der Waals surface area contributed by atoms with Gasteiger partial charge in [-0.3, -0.25) is 9.41 Å². The molecular formula is C11H11ClN2. The summed E-state index contributed by atoms with van der Waals surface area (Å²) >= 11 is 6.16. The summed E-state index contributed by atoms with van der Waals surface area (Å²) < 4.78 is 1.84. The topological polar surface area (TPSA) is 15.6 Å². The Morgan fingerprint density at radius 3 is 3.14 bits per heavy atom. The van der Waals surface area contributed by atoms with Crippen molar-refractivity contribution in [1.82, 2.24) is 0 Å². The predicted octanol–water partition coefficient (Wildman–Crippen LogP) is 2.85. The molecule has 2 aliphatic rings. The minimum absolute atomic E-state index is 0.928. The molecule has 72 valence electrons. The van der Waals surface area contributed by atoms with E-state index in [1.165, 1.54) is 16.8 Å². The number of benzene rings is 1. The zero-order valence-corrected chi connectivity index (χ0v) is 8.59. The van der Waals surface area contributed by atoms with Gasteiger partial charge in [-0.05, 0) is 30.9 Å². The summed E-state index contributed by atoms with van der Waals surface area (Å²) in [7, 11) is 0. The summed E-state index contributed by atoms with van der Waals surface area (Å²) in [6.07, 6.45) is 5.16. The first kappa shape index (κ1) is 8.30. The van der Waals surface area contributed by atoms with Crippen LogP contribution >= 0.6 is 11.8 Å². The van der Waals surface area contributed by atoms with E-state index in [4.69, 9.17) is 11.8 Å². The lowest BCUT2D eigenvalue weighted by Crippen LogP contribution is -2.08. The van der Waals surface area contributed by atoms with Gasteiger partial charge in [0.2, 0.25) is 0 Å². The molecule has 1 aromatic rings. The number of rotatable bonds is 0. The van der Waals surface area contributed by atoms with Crippen molar-refractivity contribution in [3.05, 3.63) is 23.3 Å². The number of anilines is 1. The normalized spacial score (nSPS) is 18.2. The average Bonchev–Trinajstić information content (AvgIpc) is 2.61. The third-order valence-electron chi connectivity index (χ3n) is 2.92. The van der Waals surface area contributed by atoms with Crippen molar-refractivity contribution >= 4 is 29.4 Å². The van der Waals surface area contributed by atoms with Crippen LogP contribution in [0.5, 0.6) is 0 Å². The summed E-state index contributed by atoms with van der Waals surface area (Å²) in [5, 5.41) is 0. The maximum absolute atomic E-state index is 6.16. The number of aliphatic imine (C=N–C) groups is 1. The van der Waals surface area contributed by atoms with Gasteiger partial charge in [0.25, 0.3) is 0 Å². The van der Waals surface area contributed by atoms with E-state index in [1.807, 2.05) is 10.6 Å². The van der Waals surface area contributed by atoms with Crippen molar-refractivity contribution in [2.24, 2.45) is 4.99 Å². The van der Waals surface area contributed by atoms with E-state index in [1.54, 1.807) is 0 Å². The predicted molar refractivity (Wildman–Crippen MR) is 59.8 cm³/mol. The molecule has 0 spiro atoms. The molecule has 3 heteroatoms. The lowest BCUT2D eigenvalue weighted by Gasteiger charge is -2.17. The summed E-state index contributed by atoms with van der Waals surface area (Å²) in [5.74, 6) is 0.